The van der Waals surface area contributed by atoms with E-state index in [0.717, 1.165) is 11.2 Å². The van der Waals surface area contributed by atoms with E-state index in [4.69, 9.17) is 0 Å². The van der Waals surface area contributed by atoms with Gasteiger partial charge in [-0.2, -0.15) is 10.2 Å². The number of carbonyl (C=O) groups excluding carboxylic acids is 1. The summed E-state index contributed by atoms with van der Waals surface area (Å²) in [6.45, 7) is 0.249. The van der Waals surface area contributed by atoms with Gasteiger partial charge in [0.05, 0.1) is 12.7 Å². The molecule has 0 aromatic carbocycles. The van der Waals surface area contributed by atoms with Crippen LogP contribution in [0.25, 0.3) is 17.0 Å². The summed E-state index contributed by atoms with van der Waals surface area (Å²) in [7, 11) is 1.87. The predicted octanol–water partition coefficient (Wildman–Crippen LogP) is 0.783. The highest BCUT2D eigenvalue weighted by molar-refractivity contribution is 5.99. The van der Waals surface area contributed by atoms with Crippen LogP contribution in [0.2, 0.25) is 0 Å². The molecule has 0 saturated heterocycles. The zero-order chi connectivity index (χ0) is 16.5. The van der Waals surface area contributed by atoms with E-state index >= 15 is 0 Å². The van der Waals surface area contributed by atoms with Crippen LogP contribution in [-0.2, 0) is 13.6 Å². The molecule has 24 heavy (non-hydrogen) atoms. The van der Waals surface area contributed by atoms with Gasteiger partial charge in [-0.05, 0) is 12.1 Å². The Morgan fingerprint density at radius 2 is 2.12 bits per heavy atom. The number of nitrogens with zero attached hydrogens (tertiary/aromatic N) is 6. The molecule has 0 aliphatic rings. The molecule has 4 rings (SSSR count). The maximum absolute atomic E-state index is 12.4. The smallest absolute Gasteiger partial charge is 0.257 e. The molecule has 4 aromatic rings. The minimum Gasteiger partial charge on any atom is -0.345 e. The highest BCUT2D eigenvalue weighted by atomic mass is 16.1. The van der Waals surface area contributed by atoms with E-state index in [9.17, 15) is 4.79 Å². The summed E-state index contributed by atoms with van der Waals surface area (Å²) in [4.78, 5) is 20.7. The molecular formula is C15H14N8O. The van der Waals surface area contributed by atoms with Crippen molar-refractivity contribution in [2.24, 2.45) is 7.05 Å². The Kier molecular flexibility index (Phi) is 3.30. The number of amides is 1. The van der Waals surface area contributed by atoms with Gasteiger partial charge in [0.1, 0.15) is 17.0 Å². The van der Waals surface area contributed by atoms with Crippen LogP contribution >= 0.6 is 0 Å². The zero-order valence-electron chi connectivity index (χ0n) is 12.8. The van der Waals surface area contributed by atoms with Crippen molar-refractivity contribution < 1.29 is 4.79 Å². The van der Waals surface area contributed by atoms with E-state index in [-0.39, 0.29) is 12.5 Å². The van der Waals surface area contributed by atoms with Crippen LogP contribution in [0.15, 0.2) is 43.1 Å². The molecule has 0 radical (unpaired) electrons. The molecular weight excluding hydrogens is 308 g/mol. The summed E-state index contributed by atoms with van der Waals surface area (Å²) in [6, 6.07) is 3.65. The van der Waals surface area contributed by atoms with Crippen molar-refractivity contribution in [3.63, 3.8) is 0 Å². The first kappa shape index (κ1) is 14.1. The normalized spacial score (nSPS) is 11.0. The first-order chi connectivity index (χ1) is 11.7. The number of imidazole rings is 1. The summed E-state index contributed by atoms with van der Waals surface area (Å²) in [5, 5.41) is 13.9. The lowest BCUT2D eigenvalue weighted by molar-refractivity contribution is 0.0951. The number of aryl methyl sites for hydroxylation is 1. The third-order valence-corrected chi connectivity index (χ3v) is 3.67. The standard InChI is InChI=1S/C15H14N8O/c1-22-6-7-23-15(22)11(8-18-23)14(24)17-9-12-19-13(21-20-12)10-2-4-16-5-3-10/h2-8H,9H2,1H3,(H,17,24)(H,19,20,21). The van der Waals surface area contributed by atoms with E-state index in [1.165, 1.54) is 0 Å². The third-order valence-electron chi connectivity index (χ3n) is 3.67. The van der Waals surface area contributed by atoms with Gasteiger partial charge >= 0.3 is 0 Å². The van der Waals surface area contributed by atoms with Gasteiger partial charge in [0.2, 0.25) is 0 Å². The second-order valence-corrected chi connectivity index (χ2v) is 5.26. The minimum atomic E-state index is -0.214. The number of carbonyl (C=O) groups is 1. The molecule has 4 aromatic heterocycles. The van der Waals surface area contributed by atoms with E-state index < -0.39 is 0 Å². The predicted molar refractivity (Wildman–Crippen MR) is 84.9 cm³/mol. The topological polar surface area (TPSA) is 106 Å². The number of nitrogens with one attached hydrogen (secondary N) is 2. The Labute approximate surface area is 136 Å². The molecule has 0 saturated carbocycles. The number of rotatable bonds is 4. The second-order valence-electron chi connectivity index (χ2n) is 5.26. The monoisotopic (exact) mass is 322 g/mol. The van der Waals surface area contributed by atoms with Crippen LogP contribution in [0.4, 0.5) is 0 Å². The van der Waals surface area contributed by atoms with Crippen molar-refractivity contribution in [2.45, 2.75) is 6.54 Å². The fourth-order valence-corrected chi connectivity index (χ4v) is 2.47. The van der Waals surface area contributed by atoms with Crippen molar-refractivity contribution in [3.05, 3.63) is 54.5 Å². The van der Waals surface area contributed by atoms with E-state index in [2.05, 4.69) is 30.6 Å². The lowest BCUT2D eigenvalue weighted by Gasteiger charge is -2.01. The summed E-state index contributed by atoms with van der Waals surface area (Å²) < 4.78 is 3.50. The Morgan fingerprint density at radius 3 is 2.96 bits per heavy atom. The lowest BCUT2D eigenvalue weighted by Crippen LogP contribution is -2.23. The molecule has 0 bridgehead atoms. The number of aromatic amines is 1. The molecule has 0 aliphatic heterocycles. The first-order valence-electron chi connectivity index (χ1n) is 7.31. The molecule has 0 aliphatic carbocycles. The maximum atomic E-state index is 12.4. The highest BCUT2D eigenvalue weighted by Gasteiger charge is 2.15. The Bertz CT molecular complexity index is 997. The fraction of sp³-hybridized carbons (Fsp3) is 0.133. The maximum Gasteiger partial charge on any atom is 0.257 e. The van der Waals surface area contributed by atoms with Crippen molar-refractivity contribution in [3.8, 4) is 11.4 Å². The SMILES string of the molecule is Cn1ccn2ncc(C(=O)NCc3nc(-c4ccncc4)n[nH]3)c12. The number of hydrogen-bond donors (Lipinski definition) is 2. The number of pyridine rings is 1. The average Bonchev–Trinajstić information content (AvgIpc) is 3.32. The van der Waals surface area contributed by atoms with Crippen molar-refractivity contribution in [1.29, 1.82) is 0 Å². The third kappa shape index (κ3) is 2.41. The largest absolute Gasteiger partial charge is 0.345 e. The van der Waals surface area contributed by atoms with Crippen LogP contribution in [0, 0.1) is 0 Å². The molecule has 0 atom stereocenters. The van der Waals surface area contributed by atoms with Crippen LogP contribution < -0.4 is 5.32 Å². The Morgan fingerprint density at radius 1 is 1.29 bits per heavy atom. The van der Waals surface area contributed by atoms with Crippen molar-refractivity contribution in [1.82, 2.24) is 39.7 Å². The van der Waals surface area contributed by atoms with Crippen LogP contribution in [0.5, 0.6) is 0 Å². The molecule has 9 nitrogen and oxygen atoms in total. The summed E-state index contributed by atoms with van der Waals surface area (Å²) in [5.74, 6) is 0.927. The molecule has 120 valence electrons. The molecule has 0 unspecified atom stereocenters. The highest BCUT2D eigenvalue weighted by Crippen LogP contribution is 2.13. The first-order valence-corrected chi connectivity index (χ1v) is 7.31. The van der Waals surface area contributed by atoms with Crippen molar-refractivity contribution in [2.75, 3.05) is 0 Å². The van der Waals surface area contributed by atoms with Gasteiger partial charge in [-0.1, -0.05) is 0 Å². The van der Waals surface area contributed by atoms with E-state index in [1.54, 1.807) is 29.3 Å². The summed E-state index contributed by atoms with van der Waals surface area (Å²) in [5.41, 5.74) is 2.11. The van der Waals surface area contributed by atoms with E-state index in [0.29, 0.717) is 17.2 Å². The molecule has 9 heteroatoms. The molecule has 0 spiro atoms. The Hall–Kier alpha value is -3.49. The van der Waals surface area contributed by atoms with Gasteiger partial charge < -0.3 is 9.88 Å². The Balaban J connectivity index is 1.48. The van der Waals surface area contributed by atoms with Gasteiger partial charge in [-0.3, -0.25) is 14.9 Å². The quantitative estimate of drug-likeness (QED) is 0.577. The second kappa shape index (κ2) is 5.61. The zero-order valence-corrected chi connectivity index (χ0v) is 12.8. The molecule has 1 amide bonds. The van der Waals surface area contributed by atoms with E-state index in [1.807, 2.05) is 29.9 Å². The number of fused-ring (bicyclic) bond motifs is 1. The van der Waals surface area contributed by atoms with Crippen LogP contribution in [-0.4, -0.2) is 40.3 Å². The van der Waals surface area contributed by atoms with Crippen LogP contribution in [0.1, 0.15) is 16.2 Å². The fourth-order valence-electron chi connectivity index (χ4n) is 2.47. The molecule has 2 N–H and O–H groups in total. The number of hydrogen-bond acceptors (Lipinski definition) is 5. The van der Waals surface area contributed by atoms with Gasteiger partial charge in [0.15, 0.2) is 5.82 Å². The van der Waals surface area contributed by atoms with Crippen molar-refractivity contribution >= 4 is 11.6 Å². The summed E-state index contributed by atoms with van der Waals surface area (Å²) in [6.07, 6.45) is 8.55. The number of H-pyrrole nitrogens is 1. The van der Waals surface area contributed by atoms with Gasteiger partial charge in [0, 0.05) is 37.4 Å². The average molecular weight is 322 g/mol. The number of aromatic nitrogens is 7. The van der Waals surface area contributed by atoms with Gasteiger partial charge in [-0.15, -0.1) is 0 Å². The summed E-state index contributed by atoms with van der Waals surface area (Å²) >= 11 is 0. The molecule has 4 heterocycles. The van der Waals surface area contributed by atoms with Gasteiger partial charge in [0.25, 0.3) is 5.91 Å². The van der Waals surface area contributed by atoms with Crippen LogP contribution in [0.3, 0.4) is 0 Å². The minimum absolute atomic E-state index is 0.214. The van der Waals surface area contributed by atoms with Gasteiger partial charge in [-0.25, -0.2) is 9.50 Å². The lowest BCUT2D eigenvalue weighted by atomic mass is 10.2. The molecule has 0 fully saturated rings.